The van der Waals surface area contributed by atoms with E-state index in [1.165, 1.54) is 11.3 Å². The Morgan fingerprint density at radius 3 is 2.41 bits per heavy atom. The molecule has 0 aliphatic rings. The highest BCUT2D eigenvalue weighted by molar-refractivity contribution is 9.10. The molecule has 1 amide bonds. The van der Waals surface area contributed by atoms with Gasteiger partial charge in [-0.15, -0.1) is 11.3 Å². The van der Waals surface area contributed by atoms with Gasteiger partial charge in [-0.1, -0.05) is 27.7 Å². The molecule has 1 heterocycles. The molecule has 150 valence electrons. The van der Waals surface area contributed by atoms with Crippen LogP contribution in [0, 0.1) is 0 Å². The Hall–Kier alpha value is -2.20. The number of nitrogens with one attached hydrogen (secondary N) is 1. The molecule has 2 aromatic carbocycles. The lowest BCUT2D eigenvalue weighted by atomic mass is 10.3. The van der Waals surface area contributed by atoms with Crippen LogP contribution in [0.5, 0.6) is 0 Å². The van der Waals surface area contributed by atoms with E-state index < -0.39 is 11.9 Å². The van der Waals surface area contributed by atoms with Gasteiger partial charge in [-0.2, -0.15) is 0 Å². The fourth-order valence-corrected chi connectivity index (χ4v) is 4.06. The third-order valence-electron chi connectivity index (χ3n) is 3.55. The number of esters is 1. The molecule has 0 radical (unpaired) electrons. The van der Waals surface area contributed by atoms with E-state index in [0.29, 0.717) is 17.3 Å². The normalized spacial score (nSPS) is 10.6. The van der Waals surface area contributed by atoms with Gasteiger partial charge in [0.1, 0.15) is 5.01 Å². The molecule has 0 saturated carbocycles. The molecule has 0 saturated heterocycles. The minimum atomic E-state index is -0.639. The number of thiazole rings is 1. The molecule has 1 aromatic heterocycles. The largest absolute Gasteiger partial charge is 0.451 e. The fourth-order valence-electron chi connectivity index (χ4n) is 2.24. The van der Waals surface area contributed by atoms with Crippen LogP contribution < -0.4 is 5.32 Å². The summed E-state index contributed by atoms with van der Waals surface area (Å²) in [5, 5.41) is 4.95. The summed E-state index contributed by atoms with van der Waals surface area (Å²) >= 11 is 6.34. The minimum Gasteiger partial charge on any atom is -0.451 e. The SMILES string of the molecule is COCc1nc(C(=O)OCC(=O)Nc2ccc(Sc3ccc(Br)cc3)cc2)cs1. The standard InChI is InChI=1S/C20H17BrN2O4S2/c1-26-11-19-23-17(12-28-19)20(25)27-10-18(24)22-14-4-8-16(9-5-14)29-15-6-2-13(21)3-7-15/h2-9,12H,10-11H2,1H3,(H,22,24). The molecule has 0 aliphatic carbocycles. The fraction of sp³-hybridized carbons (Fsp3) is 0.150. The van der Waals surface area contributed by atoms with Crippen LogP contribution in [0.25, 0.3) is 0 Å². The monoisotopic (exact) mass is 492 g/mol. The molecule has 3 aromatic rings. The molecule has 1 N–H and O–H groups in total. The van der Waals surface area contributed by atoms with Gasteiger partial charge in [0.2, 0.25) is 0 Å². The number of halogens is 1. The average molecular weight is 493 g/mol. The van der Waals surface area contributed by atoms with Crippen molar-refractivity contribution in [1.82, 2.24) is 4.98 Å². The number of hydrogen-bond acceptors (Lipinski definition) is 7. The van der Waals surface area contributed by atoms with Crippen molar-refractivity contribution in [3.8, 4) is 0 Å². The maximum Gasteiger partial charge on any atom is 0.358 e. The first-order chi connectivity index (χ1) is 14.0. The first-order valence-corrected chi connectivity index (χ1v) is 11.0. The zero-order valence-corrected chi connectivity index (χ0v) is 18.6. The van der Waals surface area contributed by atoms with Gasteiger partial charge in [-0.3, -0.25) is 4.79 Å². The summed E-state index contributed by atoms with van der Waals surface area (Å²) < 4.78 is 11.0. The molecule has 0 spiro atoms. The van der Waals surface area contributed by atoms with Crippen molar-refractivity contribution in [3.05, 3.63) is 69.1 Å². The summed E-state index contributed by atoms with van der Waals surface area (Å²) in [4.78, 5) is 30.2. The first kappa shape index (κ1) is 21.5. The molecular weight excluding hydrogens is 476 g/mol. The average Bonchev–Trinajstić information content (AvgIpc) is 3.18. The van der Waals surface area contributed by atoms with Crippen LogP contribution in [0.3, 0.4) is 0 Å². The predicted octanol–water partition coefficient (Wildman–Crippen LogP) is 5.00. The van der Waals surface area contributed by atoms with Crippen LogP contribution in [0.4, 0.5) is 5.69 Å². The van der Waals surface area contributed by atoms with Crippen molar-refractivity contribution in [1.29, 1.82) is 0 Å². The number of methoxy groups -OCH3 is 1. The Bertz CT molecular complexity index is 975. The molecule has 0 atom stereocenters. The van der Waals surface area contributed by atoms with Crippen molar-refractivity contribution in [2.75, 3.05) is 19.0 Å². The van der Waals surface area contributed by atoms with Gasteiger partial charge in [-0.05, 0) is 48.5 Å². The number of carbonyl (C=O) groups is 2. The molecule has 0 aliphatic heterocycles. The van der Waals surface area contributed by atoms with Crippen molar-refractivity contribution in [3.63, 3.8) is 0 Å². The van der Waals surface area contributed by atoms with Gasteiger partial charge in [0.05, 0.1) is 6.61 Å². The Balaban J connectivity index is 1.47. The van der Waals surface area contributed by atoms with E-state index >= 15 is 0 Å². The van der Waals surface area contributed by atoms with Crippen molar-refractivity contribution < 1.29 is 19.1 Å². The van der Waals surface area contributed by atoms with Gasteiger partial charge >= 0.3 is 5.97 Å². The number of carbonyl (C=O) groups excluding carboxylic acids is 2. The second-order valence-corrected chi connectivity index (χ2v) is 8.77. The van der Waals surface area contributed by atoms with Crippen molar-refractivity contribution in [2.24, 2.45) is 0 Å². The Morgan fingerprint density at radius 1 is 1.10 bits per heavy atom. The quantitative estimate of drug-likeness (QED) is 0.445. The lowest BCUT2D eigenvalue weighted by Gasteiger charge is -2.07. The Kier molecular flexibility index (Phi) is 7.82. The Labute approximate surface area is 184 Å². The van der Waals surface area contributed by atoms with Gasteiger partial charge in [0.15, 0.2) is 12.3 Å². The summed E-state index contributed by atoms with van der Waals surface area (Å²) in [7, 11) is 1.55. The number of hydrogen-bond donors (Lipinski definition) is 1. The minimum absolute atomic E-state index is 0.171. The second kappa shape index (κ2) is 10.5. The summed E-state index contributed by atoms with van der Waals surface area (Å²) in [5.74, 6) is -1.06. The number of amides is 1. The summed E-state index contributed by atoms with van der Waals surface area (Å²) in [6.45, 7) is -0.0557. The maximum atomic E-state index is 12.0. The smallest absolute Gasteiger partial charge is 0.358 e. The highest BCUT2D eigenvalue weighted by Crippen LogP contribution is 2.29. The molecule has 0 unspecified atom stereocenters. The number of ether oxygens (including phenoxy) is 2. The van der Waals surface area contributed by atoms with E-state index in [-0.39, 0.29) is 12.3 Å². The van der Waals surface area contributed by atoms with Crippen LogP contribution in [0.1, 0.15) is 15.5 Å². The lowest BCUT2D eigenvalue weighted by Crippen LogP contribution is -2.21. The third kappa shape index (κ3) is 6.67. The highest BCUT2D eigenvalue weighted by atomic mass is 79.9. The lowest BCUT2D eigenvalue weighted by molar-refractivity contribution is -0.119. The van der Waals surface area contributed by atoms with E-state index in [0.717, 1.165) is 14.3 Å². The molecule has 0 bridgehead atoms. The summed E-state index contributed by atoms with van der Waals surface area (Å²) in [5.41, 5.74) is 0.798. The van der Waals surface area contributed by atoms with Gasteiger partial charge in [-0.25, -0.2) is 9.78 Å². The molecule has 6 nitrogen and oxygen atoms in total. The van der Waals surface area contributed by atoms with Gasteiger partial charge < -0.3 is 14.8 Å². The van der Waals surface area contributed by atoms with E-state index in [1.807, 2.05) is 36.4 Å². The van der Waals surface area contributed by atoms with Crippen molar-refractivity contribution in [2.45, 2.75) is 16.4 Å². The molecule has 3 rings (SSSR count). The zero-order chi connectivity index (χ0) is 20.6. The van der Waals surface area contributed by atoms with Crippen LogP contribution in [-0.2, 0) is 20.9 Å². The van der Waals surface area contributed by atoms with Gasteiger partial charge in [0.25, 0.3) is 5.91 Å². The summed E-state index contributed by atoms with van der Waals surface area (Å²) in [6, 6.07) is 15.5. The van der Waals surface area contributed by atoms with E-state index in [4.69, 9.17) is 9.47 Å². The van der Waals surface area contributed by atoms with Crippen molar-refractivity contribution >= 4 is 56.6 Å². The van der Waals surface area contributed by atoms with Crippen LogP contribution in [0.2, 0.25) is 0 Å². The van der Waals surface area contributed by atoms with Gasteiger partial charge in [0, 0.05) is 32.4 Å². The van der Waals surface area contributed by atoms with E-state index in [9.17, 15) is 9.59 Å². The van der Waals surface area contributed by atoms with Crippen LogP contribution >= 0.6 is 39.0 Å². The third-order valence-corrected chi connectivity index (χ3v) is 5.92. The highest BCUT2D eigenvalue weighted by Gasteiger charge is 2.14. The Morgan fingerprint density at radius 2 is 1.76 bits per heavy atom. The predicted molar refractivity (Wildman–Crippen MR) is 116 cm³/mol. The molecular formula is C20H17BrN2O4S2. The number of anilines is 1. The second-order valence-electron chi connectivity index (χ2n) is 5.76. The molecule has 0 fully saturated rings. The first-order valence-electron chi connectivity index (χ1n) is 8.47. The number of nitrogens with zero attached hydrogens (tertiary/aromatic N) is 1. The molecule has 9 heteroatoms. The zero-order valence-electron chi connectivity index (χ0n) is 15.4. The van der Waals surface area contributed by atoms with Crippen LogP contribution in [-0.4, -0.2) is 30.6 Å². The molecule has 29 heavy (non-hydrogen) atoms. The van der Waals surface area contributed by atoms with E-state index in [2.05, 4.69) is 26.2 Å². The topological polar surface area (TPSA) is 77.5 Å². The maximum absolute atomic E-state index is 12.0. The van der Waals surface area contributed by atoms with Crippen LogP contribution in [0.15, 0.2) is 68.2 Å². The number of rotatable bonds is 8. The number of benzene rings is 2. The van der Waals surface area contributed by atoms with E-state index in [1.54, 1.807) is 36.4 Å². The summed E-state index contributed by atoms with van der Waals surface area (Å²) in [6.07, 6.45) is 0. The number of aromatic nitrogens is 1.